The van der Waals surface area contributed by atoms with Gasteiger partial charge in [0.05, 0.1) is 10.8 Å². The lowest BCUT2D eigenvalue weighted by Crippen LogP contribution is -2.40. The second kappa shape index (κ2) is 8.50. The third-order valence-corrected chi connectivity index (χ3v) is 5.97. The predicted molar refractivity (Wildman–Crippen MR) is 98.0 cm³/mol. The number of hydrogen-bond donors (Lipinski definition) is 1. The van der Waals surface area contributed by atoms with Gasteiger partial charge in [-0.3, -0.25) is 0 Å². The number of benzene rings is 1. The summed E-state index contributed by atoms with van der Waals surface area (Å²) in [4.78, 5) is 4.08. The summed E-state index contributed by atoms with van der Waals surface area (Å²) in [6.07, 6.45) is 3.94. The molecule has 1 aromatic heterocycles. The molecule has 146 valence electrons. The molecule has 1 heterocycles. The first-order valence-electron chi connectivity index (χ1n) is 8.53. The van der Waals surface area contributed by atoms with E-state index >= 15 is 0 Å². The second-order valence-electron chi connectivity index (χ2n) is 6.52. The Hall–Kier alpha value is -1.77. The first-order chi connectivity index (χ1) is 12.8. The highest BCUT2D eigenvalue weighted by Gasteiger charge is 2.26. The van der Waals surface area contributed by atoms with Crippen molar-refractivity contribution in [2.45, 2.75) is 43.6 Å². The van der Waals surface area contributed by atoms with Gasteiger partial charge < -0.3 is 4.74 Å². The predicted octanol–water partition coefficient (Wildman–Crippen LogP) is 3.82. The van der Waals surface area contributed by atoms with Crippen molar-refractivity contribution in [3.63, 3.8) is 0 Å². The smallest absolute Gasteiger partial charge is 0.216 e. The van der Waals surface area contributed by atoms with Gasteiger partial charge in [-0.05, 0) is 49.9 Å². The zero-order chi connectivity index (χ0) is 19.4. The number of ether oxygens (including phenoxy) is 1. The number of hydrogen-bond acceptors (Lipinski definition) is 4. The zero-order valence-corrected chi connectivity index (χ0v) is 15.9. The van der Waals surface area contributed by atoms with Gasteiger partial charge in [0.25, 0.3) is 0 Å². The lowest BCUT2D eigenvalue weighted by atomic mass is 9.94. The Labute approximate surface area is 161 Å². The van der Waals surface area contributed by atoms with E-state index < -0.39 is 27.4 Å². The number of sulfonamides is 1. The molecule has 0 unspecified atom stereocenters. The van der Waals surface area contributed by atoms with Crippen LogP contribution < -0.4 is 9.46 Å². The fourth-order valence-electron chi connectivity index (χ4n) is 3.06. The van der Waals surface area contributed by atoms with Crippen LogP contribution in [0, 0.1) is 11.6 Å². The average Bonchev–Trinajstić information content (AvgIpc) is 2.61. The van der Waals surface area contributed by atoms with Crippen molar-refractivity contribution in [1.29, 1.82) is 0 Å². The molecule has 5 nitrogen and oxygen atoms in total. The maximum atomic E-state index is 13.7. The standard InChI is InChI=1S/C18H19ClF2N2O3S/c19-13-1-8-18(22-10-13)26-16-5-3-15(4-6-16)23-27(24,25)11-12-9-14(20)2-7-17(12)21/h1-2,7-10,15-16,23H,3-6,11H2. The van der Waals surface area contributed by atoms with Gasteiger partial charge in [0, 0.05) is 23.9 Å². The number of nitrogens with zero attached hydrogens (tertiary/aromatic N) is 1. The molecule has 1 aliphatic rings. The summed E-state index contributed by atoms with van der Waals surface area (Å²) in [5, 5.41) is 0.523. The Morgan fingerprint density at radius 3 is 2.56 bits per heavy atom. The molecule has 1 aromatic carbocycles. The normalized spacial score (nSPS) is 20.4. The molecular weight excluding hydrogens is 398 g/mol. The lowest BCUT2D eigenvalue weighted by molar-refractivity contribution is 0.138. The maximum Gasteiger partial charge on any atom is 0.216 e. The van der Waals surface area contributed by atoms with Crippen molar-refractivity contribution in [3.05, 3.63) is 58.7 Å². The van der Waals surface area contributed by atoms with Crippen LogP contribution in [-0.4, -0.2) is 25.5 Å². The van der Waals surface area contributed by atoms with Crippen molar-refractivity contribution in [1.82, 2.24) is 9.71 Å². The molecule has 1 fully saturated rings. The molecule has 1 aliphatic carbocycles. The summed E-state index contributed by atoms with van der Waals surface area (Å²) in [6, 6.07) is 5.89. The van der Waals surface area contributed by atoms with Crippen molar-refractivity contribution < 1.29 is 21.9 Å². The molecule has 0 atom stereocenters. The molecule has 0 saturated heterocycles. The minimum atomic E-state index is -3.78. The Balaban J connectivity index is 1.52. The lowest BCUT2D eigenvalue weighted by Gasteiger charge is -2.29. The van der Waals surface area contributed by atoms with Crippen LogP contribution in [0.1, 0.15) is 31.2 Å². The van der Waals surface area contributed by atoms with E-state index in [-0.39, 0.29) is 17.7 Å². The first kappa shape index (κ1) is 20.0. The third kappa shape index (κ3) is 5.85. The molecule has 0 bridgehead atoms. The maximum absolute atomic E-state index is 13.7. The van der Waals surface area contributed by atoms with E-state index in [1.54, 1.807) is 12.1 Å². The van der Waals surface area contributed by atoms with E-state index in [2.05, 4.69) is 9.71 Å². The minimum absolute atomic E-state index is 0.0555. The van der Waals surface area contributed by atoms with Crippen LogP contribution in [0.4, 0.5) is 8.78 Å². The molecule has 9 heteroatoms. The number of aromatic nitrogens is 1. The van der Waals surface area contributed by atoms with Gasteiger partial charge >= 0.3 is 0 Å². The zero-order valence-electron chi connectivity index (χ0n) is 14.4. The van der Waals surface area contributed by atoms with Gasteiger partial charge in [-0.1, -0.05) is 11.6 Å². The Morgan fingerprint density at radius 1 is 1.15 bits per heavy atom. The van der Waals surface area contributed by atoms with Crippen molar-refractivity contribution in [3.8, 4) is 5.88 Å². The van der Waals surface area contributed by atoms with Crippen molar-refractivity contribution in [2.75, 3.05) is 0 Å². The van der Waals surface area contributed by atoms with Gasteiger partial charge in [-0.2, -0.15) is 0 Å². The minimum Gasteiger partial charge on any atom is -0.474 e. The van der Waals surface area contributed by atoms with Gasteiger partial charge in [-0.15, -0.1) is 0 Å². The monoisotopic (exact) mass is 416 g/mol. The molecule has 27 heavy (non-hydrogen) atoms. The van der Waals surface area contributed by atoms with Crippen LogP contribution in [-0.2, 0) is 15.8 Å². The Bertz CT molecular complexity index is 886. The SMILES string of the molecule is O=S(=O)(Cc1cc(F)ccc1F)NC1CCC(Oc2ccc(Cl)cn2)CC1. The number of nitrogens with one attached hydrogen (secondary N) is 1. The topological polar surface area (TPSA) is 68.3 Å². The molecule has 3 rings (SSSR count). The largest absolute Gasteiger partial charge is 0.474 e. The number of pyridine rings is 1. The Kier molecular flexibility index (Phi) is 6.29. The van der Waals surface area contributed by atoms with Crippen LogP contribution in [0.3, 0.4) is 0 Å². The van der Waals surface area contributed by atoms with Gasteiger partial charge in [0.1, 0.15) is 17.7 Å². The average molecular weight is 417 g/mol. The van der Waals surface area contributed by atoms with E-state index in [1.165, 1.54) is 6.20 Å². The third-order valence-electron chi connectivity index (χ3n) is 4.36. The highest BCUT2D eigenvalue weighted by Crippen LogP contribution is 2.24. The van der Waals surface area contributed by atoms with Crippen LogP contribution in [0.25, 0.3) is 0 Å². The molecule has 1 saturated carbocycles. The van der Waals surface area contributed by atoms with E-state index in [0.29, 0.717) is 36.6 Å². The van der Waals surface area contributed by atoms with E-state index in [0.717, 1.165) is 18.2 Å². The summed E-state index contributed by atoms with van der Waals surface area (Å²) in [5.41, 5.74) is -0.187. The van der Waals surface area contributed by atoms with E-state index in [1.807, 2.05) is 0 Å². The summed E-state index contributed by atoms with van der Waals surface area (Å²) < 4.78 is 59.8. The number of rotatable bonds is 6. The molecule has 0 amide bonds. The second-order valence-corrected chi connectivity index (χ2v) is 8.71. The fraction of sp³-hybridized carbons (Fsp3) is 0.389. The molecule has 0 spiro atoms. The van der Waals surface area contributed by atoms with Crippen LogP contribution in [0.15, 0.2) is 36.5 Å². The van der Waals surface area contributed by atoms with Crippen LogP contribution in [0.2, 0.25) is 5.02 Å². The van der Waals surface area contributed by atoms with Gasteiger partial charge in [0.15, 0.2) is 0 Å². The summed E-state index contributed by atoms with van der Waals surface area (Å²) >= 11 is 5.78. The first-order valence-corrected chi connectivity index (χ1v) is 10.6. The van der Waals surface area contributed by atoms with Gasteiger partial charge in [-0.25, -0.2) is 26.9 Å². The Morgan fingerprint density at radius 2 is 1.89 bits per heavy atom. The molecule has 0 aliphatic heterocycles. The van der Waals surface area contributed by atoms with E-state index in [9.17, 15) is 17.2 Å². The summed E-state index contributed by atoms with van der Waals surface area (Å²) in [5.74, 6) is -1.53. The van der Waals surface area contributed by atoms with Crippen LogP contribution >= 0.6 is 11.6 Å². The summed E-state index contributed by atoms with van der Waals surface area (Å²) in [7, 11) is -3.78. The van der Waals surface area contributed by atoms with Crippen molar-refractivity contribution >= 4 is 21.6 Å². The van der Waals surface area contributed by atoms with Crippen molar-refractivity contribution in [2.24, 2.45) is 0 Å². The molecule has 2 aromatic rings. The quantitative estimate of drug-likeness (QED) is 0.777. The molecule has 0 radical (unpaired) electrons. The number of halogens is 3. The molecule has 1 N–H and O–H groups in total. The summed E-state index contributed by atoms with van der Waals surface area (Å²) in [6.45, 7) is 0. The molecular formula is C18H19ClF2N2O3S. The van der Waals surface area contributed by atoms with E-state index in [4.69, 9.17) is 16.3 Å². The highest BCUT2D eigenvalue weighted by atomic mass is 35.5. The highest BCUT2D eigenvalue weighted by molar-refractivity contribution is 7.88. The van der Waals surface area contributed by atoms with Gasteiger partial charge in [0.2, 0.25) is 15.9 Å². The van der Waals surface area contributed by atoms with Crippen LogP contribution in [0.5, 0.6) is 5.88 Å². The fourth-order valence-corrected chi connectivity index (χ4v) is 4.62.